The summed E-state index contributed by atoms with van der Waals surface area (Å²) in [6.07, 6.45) is 3.49. The molecule has 0 radical (unpaired) electrons. The Labute approximate surface area is 130 Å². The summed E-state index contributed by atoms with van der Waals surface area (Å²) in [4.78, 5) is 10.3. The minimum Gasteiger partial charge on any atom is -0.482 e. The number of nitro benzene ring substituents is 1. The van der Waals surface area contributed by atoms with Crippen LogP contribution in [0, 0.1) is 27.3 Å². The summed E-state index contributed by atoms with van der Waals surface area (Å²) >= 11 is 0. The Bertz CT molecular complexity index is 943. The van der Waals surface area contributed by atoms with Gasteiger partial charge in [0.2, 0.25) is 0 Å². The van der Waals surface area contributed by atoms with Gasteiger partial charge in [-0.15, -0.1) is 0 Å². The molecule has 0 amide bonds. The largest absolute Gasteiger partial charge is 0.482 e. The summed E-state index contributed by atoms with van der Waals surface area (Å²) in [6.45, 7) is -0.0745. The summed E-state index contributed by atoms with van der Waals surface area (Å²) in [5.41, 5.74) is 1.37. The Morgan fingerprint density at radius 1 is 1.35 bits per heavy atom. The summed E-state index contributed by atoms with van der Waals surface area (Å²) < 4.78 is 20.4. The fraction of sp³-hybridized carbons (Fsp3) is 0.0625. The molecule has 0 N–H and O–H groups in total. The fourth-order valence-corrected chi connectivity index (χ4v) is 2.33. The number of hydrogen-bond donors (Lipinski definition) is 0. The van der Waals surface area contributed by atoms with Gasteiger partial charge in [0.25, 0.3) is 0 Å². The van der Waals surface area contributed by atoms with Gasteiger partial charge in [0.1, 0.15) is 18.5 Å². The molecule has 2 aromatic heterocycles. The van der Waals surface area contributed by atoms with Gasteiger partial charge in [-0.2, -0.15) is 5.26 Å². The van der Waals surface area contributed by atoms with Crippen molar-refractivity contribution >= 4 is 11.2 Å². The number of nitriles is 1. The molecule has 0 spiro atoms. The number of halogens is 1. The number of ether oxygens (including phenoxy) is 1. The van der Waals surface area contributed by atoms with Gasteiger partial charge in [-0.25, -0.2) is 4.39 Å². The Hall–Kier alpha value is -3.40. The molecule has 7 heteroatoms. The third-order valence-corrected chi connectivity index (χ3v) is 3.38. The monoisotopic (exact) mass is 311 g/mol. The number of pyridine rings is 1. The quantitative estimate of drug-likeness (QED) is 0.546. The van der Waals surface area contributed by atoms with Gasteiger partial charge in [-0.1, -0.05) is 6.07 Å². The van der Waals surface area contributed by atoms with Crippen LogP contribution in [0.2, 0.25) is 0 Å². The van der Waals surface area contributed by atoms with E-state index < -0.39 is 10.7 Å². The highest BCUT2D eigenvalue weighted by Crippen LogP contribution is 2.29. The van der Waals surface area contributed by atoms with E-state index in [0.717, 1.165) is 18.2 Å². The van der Waals surface area contributed by atoms with Crippen molar-refractivity contribution in [3.63, 3.8) is 0 Å². The van der Waals surface area contributed by atoms with Gasteiger partial charge < -0.3 is 9.14 Å². The molecule has 3 aromatic rings. The molecule has 1 aromatic carbocycles. The molecule has 23 heavy (non-hydrogen) atoms. The van der Waals surface area contributed by atoms with E-state index in [9.17, 15) is 19.8 Å². The van der Waals surface area contributed by atoms with Gasteiger partial charge in [0.15, 0.2) is 5.75 Å². The molecule has 6 nitrogen and oxygen atoms in total. The standard InChI is InChI=1S/C16H10FN3O3/c17-12-4-5-15(20(21)22)16(7-12)23-10-11-9-19-6-2-1-3-14(19)13(11)8-18/h1-7,9H,10H2. The molecule has 0 saturated carbocycles. The molecule has 3 rings (SSSR count). The maximum Gasteiger partial charge on any atom is 0.311 e. The van der Waals surface area contributed by atoms with E-state index in [-0.39, 0.29) is 18.0 Å². The van der Waals surface area contributed by atoms with Crippen molar-refractivity contribution < 1.29 is 14.1 Å². The summed E-state index contributed by atoms with van der Waals surface area (Å²) in [6, 6.07) is 10.5. The third-order valence-electron chi connectivity index (χ3n) is 3.38. The van der Waals surface area contributed by atoms with Crippen molar-refractivity contribution in [1.29, 1.82) is 5.26 Å². The molecule has 0 saturated heterocycles. The molecule has 0 bridgehead atoms. The number of fused-ring (bicyclic) bond motifs is 1. The number of benzene rings is 1. The second-order valence-electron chi connectivity index (χ2n) is 4.79. The van der Waals surface area contributed by atoms with E-state index >= 15 is 0 Å². The molecular formula is C16H10FN3O3. The normalized spacial score (nSPS) is 10.4. The van der Waals surface area contributed by atoms with Crippen LogP contribution in [0.3, 0.4) is 0 Å². The lowest BCUT2D eigenvalue weighted by molar-refractivity contribution is -0.386. The minimum absolute atomic E-state index is 0.0745. The van der Waals surface area contributed by atoms with Gasteiger partial charge >= 0.3 is 5.69 Å². The molecule has 0 fully saturated rings. The van der Waals surface area contributed by atoms with Crippen LogP contribution in [0.25, 0.3) is 5.52 Å². The van der Waals surface area contributed by atoms with Crippen LogP contribution < -0.4 is 4.74 Å². The Balaban J connectivity index is 1.94. The van der Waals surface area contributed by atoms with Crippen LogP contribution >= 0.6 is 0 Å². The highest BCUT2D eigenvalue weighted by molar-refractivity contribution is 5.65. The van der Waals surface area contributed by atoms with E-state index in [2.05, 4.69) is 6.07 Å². The first-order valence-electron chi connectivity index (χ1n) is 6.65. The fourth-order valence-electron chi connectivity index (χ4n) is 2.33. The zero-order chi connectivity index (χ0) is 16.4. The summed E-state index contributed by atoms with van der Waals surface area (Å²) in [5.74, 6) is -0.803. The van der Waals surface area contributed by atoms with Crippen LogP contribution in [0.5, 0.6) is 5.75 Å². The van der Waals surface area contributed by atoms with Crippen molar-refractivity contribution in [1.82, 2.24) is 4.40 Å². The van der Waals surface area contributed by atoms with Gasteiger partial charge in [-0.05, 0) is 18.2 Å². The summed E-state index contributed by atoms with van der Waals surface area (Å²) in [7, 11) is 0. The molecule has 0 aliphatic heterocycles. The van der Waals surface area contributed by atoms with Crippen molar-refractivity contribution in [3.05, 3.63) is 75.9 Å². The lowest BCUT2D eigenvalue weighted by Crippen LogP contribution is -2.00. The smallest absolute Gasteiger partial charge is 0.311 e. The average molecular weight is 311 g/mol. The van der Waals surface area contributed by atoms with Crippen LogP contribution in [-0.2, 0) is 6.61 Å². The van der Waals surface area contributed by atoms with Crippen LogP contribution in [0.4, 0.5) is 10.1 Å². The van der Waals surface area contributed by atoms with E-state index in [1.807, 2.05) is 6.07 Å². The molecule has 0 atom stereocenters. The highest BCUT2D eigenvalue weighted by atomic mass is 19.1. The van der Waals surface area contributed by atoms with Gasteiger partial charge in [0.05, 0.1) is 16.0 Å². The molecule has 0 aliphatic rings. The van der Waals surface area contributed by atoms with E-state index in [0.29, 0.717) is 16.6 Å². The summed E-state index contributed by atoms with van der Waals surface area (Å²) in [5, 5.41) is 20.3. The molecule has 0 aliphatic carbocycles. The molecule has 2 heterocycles. The predicted octanol–water partition coefficient (Wildman–Crippen LogP) is 3.44. The minimum atomic E-state index is -0.643. The first-order valence-corrected chi connectivity index (χ1v) is 6.65. The van der Waals surface area contributed by atoms with Gasteiger partial charge in [0, 0.05) is 30.1 Å². The first kappa shape index (κ1) is 14.5. The second-order valence-corrected chi connectivity index (χ2v) is 4.79. The Kier molecular flexibility index (Phi) is 3.65. The van der Waals surface area contributed by atoms with Gasteiger partial charge in [-0.3, -0.25) is 10.1 Å². The zero-order valence-electron chi connectivity index (χ0n) is 11.8. The number of hydrogen-bond acceptors (Lipinski definition) is 4. The number of rotatable bonds is 4. The lowest BCUT2D eigenvalue weighted by atomic mass is 10.2. The third kappa shape index (κ3) is 2.70. The number of nitrogens with zero attached hydrogens (tertiary/aromatic N) is 3. The van der Waals surface area contributed by atoms with Crippen LogP contribution in [0.15, 0.2) is 48.8 Å². The lowest BCUT2D eigenvalue weighted by Gasteiger charge is -2.06. The maximum absolute atomic E-state index is 13.3. The predicted molar refractivity (Wildman–Crippen MR) is 79.5 cm³/mol. The SMILES string of the molecule is N#Cc1c(COc2cc(F)ccc2[N+](=O)[O-])cn2ccccc12. The number of nitro groups is 1. The van der Waals surface area contributed by atoms with E-state index in [1.54, 1.807) is 28.9 Å². The van der Waals surface area contributed by atoms with Crippen molar-refractivity contribution in [2.45, 2.75) is 6.61 Å². The van der Waals surface area contributed by atoms with Crippen molar-refractivity contribution in [3.8, 4) is 11.8 Å². The van der Waals surface area contributed by atoms with Crippen molar-refractivity contribution in [2.24, 2.45) is 0 Å². The molecule has 114 valence electrons. The maximum atomic E-state index is 13.3. The number of aromatic nitrogens is 1. The Morgan fingerprint density at radius 3 is 2.91 bits per heavy atom. The average Bonchev–Trinajstić information content (AvgIpc) is 2.90. The highest BCUT2D eigenvalue weighted by Gasteiger charge is 2.17. The molecule has 0 unspecified atom stereocenters. The van der Waals surface area contributed by atoms with Crippen molar-refractivity contribution in [2.75, 3.05) is 0 Å². The zero-order valence-corrected chi connectivity index (χ0v) is 11.8. The van der Waals surface area contributed by atoms with Crippen LogP contribution in [-0.4, -0.2) is 9.32 Å². The molecular weight excluding hydrogens is 301 g/mol. The topological polar surface area (TPSA) is 80.6 Å². The van der Waals surface area contributed by atoms with E-state index in [1.165, 1.54) is 0 Å². The van der Waals surface area contributed by atoms with E-state index in [4.69, 9.17) is 4.74 Å². The first-order chi connectivity index (χ1) is 11.1. The van der Waals surface area contributed by atoms with Crippen LogP contribution in [0.1, 0.15) is 11.1 Å². The Morgan fingerprint density at radius 2 is 2.17 bits per heavy atom. The second kappa shape index (κ2) is 5.77.